The Kier molecular flexibility index (Phi) is 4.02. The van der Waals surface area contributed by atoms with E-state index < -0.39 is 0 Å². The van der Waals surface area contributed by atoms with Gasteiger partial charge in [0.1, 0.15) is 11.3 Å². The van der Waals surface area contributed by atoms with Gasteiger partial charge in [-0.05, 0) is 25.1 Å². The van der Waals surface area contributed by atoms with Crippen molar-refractivity contribution >= 4 is 33.8 Å². The molecule has 0 bridgehead atoms. The highest BCUT2D eigenvalue weighted by Gasteiger charge is 2.13. The van der Waals surface area contributed by atoms with Crippen LogP contribution >= 0.6 is 0 Å². The second kappa shape index (κ2) is 6.83. The summed E-state index contributed by atoms with van der Waals surface area (Å²) in [6.07, 6.45) is 1.58. The fraction of sp³-hybridized carbons (Fsp3) is 0.0952. The van der Waals surface area contributed by atoms with E-state index in [-0.39, 0.29) is 5.78 Å². The lowest BCUT2D eigenvalue weighted by Gasteiger charge is -2.08. The van der Waals surface area contributed by atoms with Crippen LogP contribution in [0.25, 0.3) is 33.6 Å². The molecular weight excluding hydrogens is 366 g/mol. The smallest absolute Gasteiger partial charge is 0.183 e. The molecule has 0 amide bonds. The Bertz CT molecular complexity index is 1320. The predicted octanol–water partition coefficient (Wildman–Crippen LogP) is 3.71. The number of aromatic amines is 2. The average Bonchev–Trinajstić information content (AvgIpc) is 3.38. The number of carbonyl (C=O) groups is 1. The largest absolute Gasteiger partial charge is 0.361 e. The van der Waals surface area contributed by atoms with Gasteiger partial charge in [0.05, 0.1) is 23.9 Å². The van der Waals surface area contributed by atoms with E-state index in [4.69, 9.17) is 0 Å². The Morgan fingerprint density at radius 3 is 2.83 bits per heavy atom. The molecule has 0 aliphatic rings. The quantitative estimate of drug-likeness (QED) is 0.399. The molecule has 0 aliphatic carbocycles. The van der Waals surface area contributed by atoms with Gasteiger partial charge in [-0.15, -0.1) is 0 Å². The van der Waals surface area contributed by atoms with Gasteiger partial charge in [-0.1, -0.05) is 30.3 Å². The van der Waals surface area contributed by atoms with Crippen LogP contribution in [0.2, 0.25) is 0 Å². The van der Waals surface area contributed by atoms with Crippen molar-refractivity contribution in [3.05, 3.63) is 66.2 Å². The minimum absolute atomic E-state index is 0.00377. The summed E-state index contributed by atoms with van der Waals surface area (Å²) in [5.41, 5.74) is 4.54. The Morgan fingerprint density at radius 1 is 1.07 bits per heavy atom. The summed E-state index contributed by atoms with van der Waals surface area (Å²) >= 11 is 0. The van der Waals surface area contributed by atoms with Gasteiger partial charge < -0.3 is 15.3 Å². The first-order chi connectivity index (χ1) is 14.2. The maximum absolute atomic E-state index is 11.7. The van der Waals surface area contributed by atoms with Gasteiger partial charge in [0.25, 0.3) is 0 Å². The van der Waals surface area contributed by atoms with Crippen LogP contribution in [0.15, 0.2) is 54.9 Å². The number of aromatic nitrogens is 6. The summed E-state index contributed by atoms with van der Waals surface area (Å²) in [5.74, 6) is 1.92. The van der Waals surface area contributed by atoms with Crippen molar-refractivity contribution in [1.82, 2.24) is 29.9 Å². The normalized spacial score (nSPS) is 11.2. The highest BCUT2D eigenvalue weighted by Crippen LogP contribution is 2.24. The van der Waals surface area contributed by atoms with E-state index in [1.165, 1.54) is 6.92 Å². The zero-order chi connectivity index (χ0) is 19.8. The van der Waals surface area contributed by atoms with Crippen molar-refractivity contribution < 1.29 is 4.79 Å². The van der Waals surface area contributed by atoms with Gasteiger partial charge >= 0.3 is 0 Å². The summed E-state index contributed by atoms with van der Waals surface area (Å²) in [7, 11) is 0. The maximum Gasteiger partial charge on any atom is 0.183 e. The van der Waals surface area contributed by atoms with Gasteiger partial charge in [0, 0.05) is 11.1 Å². The lowest BCUT2D eigenvalue weighted by molar-refractivity contribution is 0.101. The Morgan fingerprint density at radius 2 is 1.97 bits per heavy atom. The molecule has 3 heterocycles. The van der Waals surface area contributed by atoms with E-state index in [1.807, 2.05) is 36.4 Å². The molecule has 5 rings (SSSR count). The minimum Gasteiger partial charge on any atom is -0.361 e. The van der Waals surface area contributed by atoms with Gasteiger partial charge in [-0.2, -0.15) is 0 Å². The zero-order valence-corrected chi connectivity index (χ0v) is 15.6. The number of carbonyl (C=O) groups excluding carboxylic acids is 1. The molecule has 0 spiro atoms. The third-order valence-corrected chi connectivity index (χ3v) is 4.67. The minimum atomic E-state index is -0.00377. The molecule has 0 saturated heterocycles. The van der Waals surface area contributed by atoms with Crippen LogP contribution in [0.3, 0.4) is 0 Å². The maximum atomic E-state index is 11.7. The molecule has 142 valence electrons. The molecule has 0 aliphatic heterocycles. The lowest BCUT2D eigenvalue weighted by atomic mass is 10.1. The number of rotatable bonds is 5. The van der Waals surface area contributed by atoms with E-state index in [0.717, 1.165) is 22.4 Å². The number of ketones is 1. The zero-order valence-electron chi connectivity index (χ0n) is 15.6. The highest BCUT2D eigenvalue weighted by molar-refractivity contribution is 5.95. The van der Waals surface area contributed by atoms with Gasteiger partial charge in [-0.25, -0.2) is 19.9 Å². The van der Waals surface area contributed by atoms with Crippen LogP contribution in [0.5, 0.6) is 0 Å². The number of imidazole rings is 2. The molecule has 3 aromatic heterocycles. The number of benzene rings is 2. The molecule has 0 unspecified atom stereocenters. The number of para-hydroxylation sites is 2. The van der Waals surface area contributed by atoms with Crippen LogP contribution in [0.1, 0.15) is 23.1 Å². The Hall–Kier alpha value is -4.07. The number of hydrogen-bond donors (Lipinski definition) is 3. The van der Waals surface area contributed by atoms with Crippen LogP contribution in [0.4, 0.5) is 5.82 Å². The Labute approximate surface area is 165 Å². The fourth-order valence-corrected chi connectivity index (χ4v) is 3.22. The van der Waals surface area contributed by atoms with E-state index >= 15 is 0 Å². The van der Waals surface area contributed by atoms with Crippen LogP contribution in [-0.4, -0.2) is 35.7 Å². The first kappa shape index (κ1) is 17.1. The molecule has 0 saturated carbocycles. The van der Waals surface area contributed by atoms with E-state index in [1.54, 1.807) is 18.5 Å². The number of nitrogens with one attached hydrogen (secondary N) is 3. The summed E-state index contributed by atoms with van der Waals surface area (Å²) < 4.78 is 0. The molecule has 8 heteroatoms. The Balaban J connectivity index is 1.50. The van der Waals surface area contributed by atoms with Crippen LogP contribution in [-0.2, 0) is 6.54 Å². The molecule has 0 atom stereocenters. The topological polar surface area (TPSA) is 112 Å². The summed E-state index contributed by atoms with van der Waals surface area (Å²) in [6.45, 7) is 2.00. The number of anilines is 1. The highest BCUT2D eigenvalue weighted by atomic mass is 16.1. The molecule has 3 N–H and O–H groups in total. The van der Waals surface area contributed by atoms with E-state index in [9.17, 15) is 4.79 Å². The monoisotopic (exact) mass is 383 g/mol. The van der Waals surface area contributed by atoms with Gasteiger partial charge in [0.2, 0.25) is 0 Å². The SMILES string of the molecule is CC(=O)c1cccc(-c2nc(NCc3nc4ccccc4[nH]3)c3[nH]cnc3n2)c1. The van der Waals surface area contributed by atoms with Crippen molar-refractivity contribution in [2.45, 2.75) is 13.5 Å². The second-order valence-electron chi connectivity index (χ2n) is 6.69. The van der Waals surface area contributed by atoms with Gasteiger partial charge in [-0.3, -0.25) is 4.79 Å². The van der Waals surface area contributed by atoms with E-state index in [0.29, 0.717) is 34.9 Å². The molecular formula is C21H17N7O. The van der Waals surface area contributed by atoms with Crippen molar-refractivity contribution in [2.24, 2.45) is 0 Å². The number of fused-ring (bicyclic) bond motifs is 2. The third kappa shape index (κ3) is 3.20. The number of hydrogen-bond acceptors (Lipinski definition) is 6. The molecule has 5 aromatic rings. The first-order valence-corrected chi connectivity index (χ1v) is 9.17. The molecule has 8 nitrogen and oxygen atoms in total. The number of Topliss-reactive ketones (excluding diaryl/α,β-unsaturated/α-hetero) is 1. The van der Waals surface area contributed by atoms with Gasteiger partial charge in [0.15, 0.2) is 23.1 Å². The third-order valence-electron chi connectivity index (χ3n) is 4.67. The number of H-pyrrole nitrogens is 2. The molecule has 29 heavy (non-hydrogen) atoms. The van der Waals surface area contributed by atoms with Crippen molar-refractivity contribution in [2.75, 3.05) is 5.32 Å². The van der Waals surface area contributed by atoms with Crippen LogP contribution < -0.4 is 5.32 Å². The first-order valence-electron chi connectivity index (χ1n) is 9.17. The van der Waals surface area contributed by atoms with Crippen molar-refractivity contribution in [3.8, 4) is 11.4 Å². The molecule has 2 aromatic carbocycles. The number of nitrogens with zero attached hydrogens (tertiary/aromatic N) is 4. The van der Waals surface area contributed by atoms with Crippen molar-refractivity contribution in [3.63, 3.8) is 0 Å². The fourth-order valence-electron chi connectivity index (χ4n) is 3.22. The summed E-state index contributed by atoms with van der Waals surface area (Å²) in [5, 5.41) is 3.32. The molecule has 0 radical (unpaired) electrons. The predicted molar refractivity (Wildman–Crippen MR) is 111 cm³/mol. The molecule has 0 fully saturated rings. The second-order valence-corrected chi connectivity index (χ2v) is 6.69. The van der Waals surface area contributed by atoms with E-state index in [2.05, 4.69) is 35.2 Å². The summed E-state index contributed by atoms with van der Waals surface area (Å²) in [6, 6.07) is 15.2. The summed E-state index contributed by atoms with van der Waals surface area (Å²) in [4.78, 5) is 36.1. The average molecular weight is 383 g/mol. The van der Waals surface area contributed by atoms with Crippen molar-refractivity contribution in [1.29, 1.82) is 0 Å². The standard InChI is InChI=1S/C21H17N7O/c1-12(29)13-5-4-6-14(9-13)19-27-20(18-21(28-19)24-11-23-18)22-10-17-25-15-7-2-3-8-16(15)26-17/h2-9,11H,10H2,1H3,(H,25,26)(H2,22,23,24,27,28). The lowest BCUT2D eigenvalue weighted by Crippen LogP contribution is -2.05. The van der Waals surface area contributed by atoms with Crippen LogP contribution in [0, 0.1) is 0 Å².